The number of rotatable bonds is 4. The molecule has 0 aliphatic heterocycles. The van der Waals surface area contributed by atoms with E-state index in [2.05, 4.69) is 96.8 Å². The smallest absolute Gasteiger partial charge is 0.0381 e. The summed E-state index contributed by atoms with van der Waals surface area (Å²) >= 11 is 0. The zero-order valence-corrected chi connectivity index (χ0v) is 15.2. The van der Waals surface area contributed by atoms with Crippen molar-refractivity contribution in [2.45, 2.75) is 53.9 Å². The van der Waals surface area contributed by atoms with E-state index in [1.54, 1.807) is 0 Å². The van der Waals surface area contributed by atoms with Crippen LogP contribution in [0, 0.1) is 5.41 Å². The van der Waals surface area contributed by atoms with Gasteiger partial charge in [0, 0.05) is 11.4 Å². The van der Waals surface area contributed by atoms with Crippen LogP contribution in [-0.2, 0) is 5.41 Å². The highest BCUT2D eigenvalue weighted by Crippen LogP contribution is 2.26. The van der Waals surface area contributed by atoms with Crippen molar-refractivity contribution in [2.24, 2.45) is 5.41 Å². The van der Waals surface area contributed by atoms with Gasteiger partial charge in [0.1, 0.15) is 0 Å². The van der Waals surface area contributed by atoms with Crippen LogP contribution in [0.5, 0.6) is 0 Å². The Morgan fingerprint density at radius 1 is 0.955 bits per heavy atom. The molecule has 0 heterocycles. The van der Waals surface area contributed by atoms with Crippen LogP contribution >= 0.6 is 0 Å². The number of hydrogen-bond donors (Lipinski definition) is 1. The fraction of sp³-hybridized carbons (Fsp3) is 0.429. The molecule has 1 N–H and O–H groups in total. The third kappa shape index (κ3) is 5.55. The van der Waals surface area contributed by atoms with Gasteiger partial charge >= 0.3 is 0 Å². The van der Waals surface area contributed by atoms with E-state index in [-0.39, 0.29) is 10.8 Å². The second kappa shape index (κ2) is 7.00. The van der Waals surface area contributed by atoms with Crippen LogP contribution in [0.15, 0.2) is 60.3 Å². The van der Waals surface area contributed by atoms with Gasteiger partial charge < -0.3 is 5.32 Å². The molecule has 0 fully saturated rings. The second-order valence-corrected chi connectivity index (χ2v) is 7.88. The van der Waals surface area contributed by atoms with Gasteiger partial charge in [-0.05, 0) is 47.1 Å². The average molecular weight is 297 g/mol. The van der Waals surface area contributed by atoms with Gasteiger partial charge in [-0.2, -0.15) is 0 Å². The van der Waals surface area contributed by atoms with E-state index in [0.29, 0.717) is 0 Å². The summed E-state index contributed by atoms with van der Waals surface area (Å²) in [5.41, 5.74) is 5.13. The molecule has 1 aromatic carbocycles. The lowest BCUT2D eigenvalue weighted by Crippen LogP contribution is -2.10. The predicted octanol–water partition coefficient (Wildman–Crippen LogP) is 6.46. The van der Waals surface area contributed by atoms with E-state index in [0.717, 1.165) is 11.4 Å². The molecule has 1 rings (SSSR count). The lowest BCUT2D eigenvalue weighted by Gasteiger charge is -2.20. The molecule has 0 spiro atoms. The first-order valence-electron chi connectivity index (χ1n) is 7.93. The van der Waals surface area contributed by atoms with Crippen LogP contribution in [-0.4, -0.2) is 0 Å². The zero-order valence-electron chi connectivity index (χ0n) is 15.2. The Kier molecular flexibility index (Phi) is 5.82. The highest BCUT2D eigenvalue weighted by Gasteiger charge is 2.13. The summed E-state index contributed by atoms with van der Waals surface area (Å²) in [5, 5.41) is 3.43. The molecule has 0 atom stereocenters. The highest BCUT2D eigenvalue weighted by molar-refractivity contribution is 5.50. The Bertz CT molecular complexity index is 557. The SMILES string of the molecule is C=C/C(=C\C=C(/C)Nc1ccc(C(C)(C)C)cc1)C(C)(C)C. The first-order chi connectivity index (χ1) is 10.0. The molecule has 0 aliphatic carbocycles. The largest absolute Gasteiger partial charge is 0.359 e. The summed E-state index contributed by atoms with van der Waals surface area (Å²) in [4.78, 5) is 0. The molecule has 0 unspecified atom stereocenters. The lowest BCUT2D eigenvalue weighted by atomic mass is 9.86. The number of hydrogen-bond acceptors (Lipinski definition) is 1. The topological polar surface area (TPSA) is 12.0 Å². The molecule has 22 heavy (non-hydrogen) atoms. The van der Waals surface area contributed by atoms with Crippen LogP contribution < -0.4 is 5.32 Å². The molecule has 1 aromatic rings. The summed E-state index contributed by atoms with van der Waals surface area (Å²) in [6.45, 7) is 19.3. The molecular formula is C21H31N. The summed E-state index contributed by atoms with van der Waals surface area (Å²) in [6.07, 6.45) is 6.18. The molecular weight excluding hydrogens is 266 g/mol. The molecule has 1 heteroatoms. The van der Waals surface area contributed by atoms with Crippen molar-refractivity contribution in [2.75, 3.05) is 5.32 Å². The van der Waals surface area contributed by atoms with Crippen molar-refractivity contribution in [3.05, 3.63) is 65.9 Å². The maximum absolute atomic E-state index is 3.90. The van der Waals surface area contributed by atoms with Gasteiger partial charge in [-0.15, -0.1) is 0 Å². The summed E-state index contributed by atoms with van der Waals surface area (Å²) < 4.78 is 0. The molecule has 0 amide bonds. The standard InChI is InChI=1S/C21H31N/c1-9-17(20(3,4)5)11-10-16(2)22-19-14-12-18(13-15-19)21(6,7)8/h9-15,22H,1H2,2-8H3/b16-10+,17-11+. The molecule has 1 nitrogen and oxygen atoms in total. The molecule has 0 saturated carbocycles. The molecule has 0 radical (unpaired) electrons. The Labute approximate surface area is 136 Å². The van der Waals surface area contributed by atoms with Gasteiger partial charge in [0.2, 0.25) is 0 Å². The summed E-state index contributed by atoms with van der Waals surface area (Å²) in [6, 6.07) is 8.66. The first-order valence-corrected chi connectivity index (χ1v) is 7.93. The zero-order chi connectivity index (χ0) is 17.0. The van der Waals surface area contributed by atoms with Gasteiger partial charge in [-0.1, -0.05) is 72.4 Å². The Hall–Kier alpha value is -1.76. The minimum atomic E-state index is 0.118. The Morgan fingerprint density at radius 2 is 1.50 bits per heavy atom. The van der Waals surface area contributed by atoms with Crippen LogP contribution in [0.3, 0.4) is 0 Å². The van der Waals surface area contributed by atoms with Gasteiger partial charge in [-0.3, -0.25) is 0 Å². The van der Waals surface area contributed by atoms with E-state index < -0.39 is 0 Å². The highest BCUT2D eigenvalue weighted by atomic mass is 14.9. The Balaban J connectivity index is 2.84. The van der Waals surface area contributed by atoms with Crippen molar-refractivity contribution in [1.82, 2.24) is 0 Å². The normalized spacial score (nSPS) is 14.0. The van der Waals surface area contributed by atoms with E-state index in [1.165, 1.54) is 11.1 Å². The predicted molar refractivity (Wildman–Crippen MR) is 100 cm³/mol. The fourth-order valence-corrected chi connectivity index (χ4v) is 2.16. The van der Waals surface area contributed by atoms with Crippen molar-refractivity contribution < 1.29 is 0 Å². The molecule has 0 bridgehead atoms. The Morgan fingerprint density at radius 3 is 1.91 bits per heavy atom. The van der Waals surface area contributed by atoms with Crippen LogP contribution in [0.1, 0.15) is 54.0 Å². The van der Waals surface area contributed by atoms with Crippen molar-refractivity contribution in [3.8, 4) is 0 Å². The molecule has 120 valence electrons. The third-order valence-corrected chi connectivity index (χ3v) is 3.69. The van der Waals surface area contributed by atoms with Gasteiger partial charge in [0.05, 0.1) is 0 Å². The maximum Gasteiger partial charge on any atom is 0.0381 e. The number of nitrogens with one attached hydrogen (secondary N) is 1. The quantitative estimate of drug-likeness (QED) is 0.629. The monoisotopic (exact) mass is 297 g/mol. The fourth-order valence-electron chi connectivity index (χ4n) is 2.16. The third-order valence-electron chi connectivity index (χ3n) is 3.69. The minimum Gasteiger partial charge on any atom is -0.359 e. The second-order valence-electron chi connectivity index (χ2n) is 7.88. The van der Waals surface area contributed by atoms with Crippen molar-refractivity contribution in [1.29, 1.82) is 0 Å². The van der Waals surface area contributed by atoms with Crippen LogP contribution in [0.4, 0.5) is 5.69 Å². The average Bonchev–Trinajstić information content (AvgIpc) is 2.37. The molecule has 0 aromatic heterocycles. The van der Waals surface area contributed by atoms with Gasteiger partial charge in [0.25, 0.3) is 0 Å². The molecule has 0 saturated heterocycles. The van der Waals surface area contributed by atoms with E-state index in [4.69, 9.17) is 0 Å². The van der Waals surface area contributed by atoms with Gasteiger partial charge in [0.15, 0.2) is 0 Å². The summed E-state index contributed by atoms with van der Waals surface area (Å²) in [7, 11) is 0. The first kappa shape index (κ1) is 18.3. The van der Waals surface area contributed by atoms with E-state index in [1.807, 2.05) is 6.08 Å². The molecule has 0 aliphatic rings. The minimum absolute atomic E-state index is 0.118. The van der Waals surface area contributed by atoms with Crippen molar-refractivity contribution in [3.63, 3.8) is 0 Å². The van der Waals surface area contributed by atoms with Crippen LogP contribution in [0.25, 0.3) is 0 Å². The van der Waals surface area contributed by atoms with Crippen LogP contribution in [0.2, 0.25) is 0 Å². The van der Waals surface area contributed by atoms with E-state index >= 15 is 0 Å². The van der Waals surface area contributed by atoms with Gasteiger partial charge in [-0.25, -0.2) is 0 Å². The summed E-state index contributed by atoms with van der Waals surface area (Å²) in [5.74, 6) is 0. The lowest BCUT2D eigenvalue weighted by molar-refractivity contribution is 0.517. The number of benzene rings is 1. The number of allylic oxidation sites excluding steroid dienone is 5. The van der Waals surface area contributed by atoms with E-state index in [9.17, 15) is 0 Å². The number of anilines is 1. The maximum atomic E-state index is 3.90. The van der Waals surface area contributed by atoms with Crippen molar-refractivity contribution >= 4 is 5.69 Å².